The van der Waals surface area contributed by atoms with E-state index in [0.717, 1.165) is 0 Å². The van der Waals surface area contributed by atoms with E-state index in [9.17, 15) is 0 Å². The summed E-state index contributed by atoms with van der Waals surface area (Å²) in [5, 5.41) is 13.7. The Labute approximate surface area is 271 Å². The summed E-state index contributed by atoms with van der Waals surface area (Å²) in [4.78, 5) is 0. The zero-order chi connectivity index (χ0) is 27.1. The second-order valence-electron chi connectivity index (χ2n) is 9.74. The fourth-order valence-corrected chi connectivity index (χ4v) is 8.13. The Morgan fingerprint density at radius 3 is 0.857 bits per heavy atom. The summed E-state index contributed by atoms with van der Waals surface area (Å²) in [6, 6.07) is 60.1. The molecular formula is C38H28Cl2SiTi-2. The number of halogens is 2. The minimum atomic E-state index is -0.545. The van der Waals surface area contributed by atoms with E-state index >= 15 is 0 Å². The van der Waals surface area contributed by atoms with Gasteiger partial charge in [-0.15, -0.1) is 79.5 Å². The van der Waals surface area contributed by atoms with E-state index in [2.05, 4.69) is 189 Å². The molecule has 8 rings (SSSR count). The van der Waals surface area contributed by atoms with Crippen molar-refractivity contribution in [1.82, 2.24) is 0 Å². The van der Waals surface area contributed by atoms with Crippen LogP contribution in [0.1, 0.15) is 0 Å². The Kier molecular flexibility index (Phi) is 11.4. The quantitative estimate of drug-likeness (QED) is 0.204. The third kappa shape index (κ3) is 7.13. The number of fused-ring (bicyclic) bond motifs is 6. The first-order valence-corrected chi connectivity index (χ1v) is 17.4. The average molecular weight is 632 g/mol. The largest absolute Gasteiger partial charge is 0.126 e. The van der Waals surface area contributed by atoms with Crippen molar-refractivity contribution in [2.24, 2.45) is 0 Å². The predicted octanol–water partition coefficient (Wildman–Crippen LogP) is 2.77. The van der Waals surface area contributed by atoms with Crippen LogP contribution in [-0.4, -0.2) is 6.19 Å². The Morgan fingerprint density at radius 2 is 0.571 bits per heavy atom. The third-order valence-corrected chi connectivity index (χ3v) is 11.7. The normalized spacial score (nSPS) is 10.1. The Bertz CT molecular complexity index is 1780. The van der Waals surface area contributed by atoms with E-state index in [1.54, 1.807) is 0 Å². The summed E-state index contributed by atoms with van der Waals surface area (Å²) < 4.78 is 0. The van der Waals surface area contributed by atoms with Crippen LogP contribution in [0.2, 0.25) is 0 Å². The average Bonchev–Trinajstić information content (AvgIpc) is 3.61. The van der Waals surface area contributed by atoms with E-state index < -0.39 is 6.19 Å². The van der Waals surface area contributed by atoms with Crippen molar-refractivity contribution >= 4 is 59.6 Å². The maximum Gasteiger partial charge on any atom is -0.0771 e. The number of benzene rings is 6. The zero-order valence-corrected chi connectivity index (χ0v) is 27.0. The molecule has 0 unspecified atom stereocenters. The molecule has 0 saturated carbocycles. The summed E-state index contributed by atoms with van der Waals surface area (Å²) in [5.41, 5.74) is 0. The van der Waals surface area contributed by atoms with Crippen LogP contribution in [0.3, 0.4) is 0 Å². The van der Waals surface area contributed by atoms with Gasteiger partial charge in [-0.05, 0) is 0 Å². The number of hydrogen-bond acceptors (Lipinski definition) is 0. The monoisotopic (exact) mass is 630 g/mol. The molecule has 0 N–H and O–H groups in total. The summed E-state index contributed by atoms with van der Waals surface area (Å²) in [6.45, 7) is 0. The fraction of sp³-hybridized carbons (Fsp3) is 0. The Hall–Kier alpha value is -3.43. The van der Waals surface area contributed by atoms with Gasteiger partial charge in [-0.1, -0.05) is 72.8 Å². The zero-order valence-electron chi connectivity index (χ0n) is 22.9. The van der Waals surface area contributed by atoms with Crippen molar-refractivity contribution < 1.29 is 44.0 Å². The van der Waals surface area contributed by atoms with Crippen molar-refractivity contribution in [3.8, 4) is 0 Å². The topological polar surface area (TPSA) is 0 Å². The van der Waals surface area contributed by atoms with Gasteiger partial charge in [0.1, 0.15) is 0 Å². The number of hydrogen-bond donors (Lipinski definition) is 0. The molecule has 8 aromatic rings. The van der Waals surface area contributed by atoms with Crippen LogP contribution < -0.4 is 35.2 Å². The van der Waals surface area contributed by atoms with Crippen LogP contribution in [0.4, 0.5) is 0 Å². The molecule has 4 heteroatoms. The van der Waals surface area contributed by atoms with Gasteiger partial charge in [0.05, 0.1) is 0 Å². The van der Waals surface area contributed by atoms with Crippen LogP contribution in [0.5, 0.6) is 0 Å². The van der Waals surface area contributed by atoms with Gasteiger partial charge >= 0.3 is 96.4 Å². The fourth-order valence-electron chi connectivity index (χ4n) is 5.18. The molecular weight excluding hydrogens is 603 g/mol. The molecule has 0 spiro atoms. The van der Waals surface area contributed by atoms with Crippen molar-refractivity contribution in [2.45, 2.75) is 0 Å². The Morgan fingerprint density at radius 1 is 0.333 bits per heavy atom. The molecule has 0 saturated heterocycles. The van der Waals surface area contributed by atoms with Gasteiger partial charge in [0.25, 0.3) is 0 Å². The molecule has 0 atom stereocenters. The third-order valence-electron chi connectivity index (χ3n) is 7.17. The first kappa shape index (κ1) is 31.5. The van der Waals surface area contributed by atoms with Gasteiger partial charge in [0.15, 0.2) is 0 Å². The molecule has 8 aromatic carbocycles. The van der Waals surface area contributed by atoms with E-state index in [-0.39, 0.29) is 24.8 Å². The number of rotatable bonds is 2. The first-order valence-electron chi connectivity index (χ1n) is 13.5. The Balaban J connectivity index is 0.000000141. The van der Waals surface area contributed by atoms with Crippen LogP contribution >= 0.6 is 0 Å². The summed E-state index contributed by atoms with van der Waals surface area (Å²) in [5.74, 6) is 0. The molecule has 0 aromatic heterocycles. The molecule has 204 valence electrons. The smallest absolute Gasteiger partial charge is 0.0771 e. The van der Waals surface area contributed by atoms with Crippen LogP contribution in [0.15, 0.2) is 170 Å². The standard InChI is InChI=1S/2C13H9.C12H10Si.2ClH.Ti/c2*1-3-7-12-10(5-1)9-11-6-2-4-8-13(11)12;1-3-7-11(8-4-1)13-12-9-5-2-6-10-12;;;/h2*1-9H;1-10H;2*1H;/q2*-1;;;;+2/p-2. The molecule has 0 aliphatic carbocycles. The molecule has 0 nitrogen and oxygen atoms in total. The van der Waals surface area contributed by atoms with Crippen LogP contribution in [0, 0.1) is 0 Å². The van der Waals surface area contributed by atoms with Crippen molar-refractivity contribution in [3.63, 3.8) is 0 Å². The second kappa shape index (κ2) is 15.2. The van der Waals surface area contributed by atoms with Crippen molar-refractivity contribution in [3.05, 3.63) is 170 Å². The first-order chi connectivity index (χ1) is 19.8. The molecule has 0 fully saturated rings. The SMILES string of the molecule is [Cl-].[Cl-].[Ti+2]=[Si](c1ccccc1)c1ccccc1.c1ccc2c(c1)[cH-]c1ccccc12.c1ccc2c(c1)[cH-]c1ccccc12. The second-order valence-corrected chi connectivity index (χ2v) is 14.0. The van der Waals surface area contributed by atoms with E-state index in [4.69, 9.17) is 0 Å². The van der Waals surface area contributed by atoms with Gasteiger partial charge in [-0.25, -0.2) is 0 Å². The van der Waals surface area contributed by atoms with Crippen LogP contribution in [-0.2, 0) is 19.2 Å². The van der Waals surface area contributed by atoms with Gasteiger partial charge in [0.2, 0.25) is 0 Å². The van der Waals surface area contributed by atoms with Gasteiger partial charge in [-0.3, -0.25) is 0 Å². The minimum Gasteiger partial charge on any atom is -0.126 e. The molecule has 42 heavy (non-hydrogen) atoms. The predicted molar refractivity (Wildman–Crippen MR) is 172 cm³/mol. The summed E-state index contributed by atoms with van der Waals surface area (Å²) in [7, 11) is 0. The molecule has 0 heterocycles. The molecule has 0 bridgehead atoms. The van der Waals surface area contributed by atoms with Crippen molar-refractivity contribution in [2.75, 3.05) is 0 Å². The minimum absolute atomic E-state index is 0. The van der Waals surface area contributed by atoms with Gasteiger partial charge in [0, 0.05) is 0 Å². The van der Waals surface area contributed by atoms with Gasteiger partial charge in [-0.2, -0.15) is 0 Å². The molecule has 0 aliphatic heterocycles. The van der Waals surface area contributed by atoms with E-state index in [1.807, 2.05) is 0 Å². The maximum atomic E-state index is 2.34. The van der Waals surface area contributed by atoms with Crippen molar-refractivity contribution in [1.29, 1.82) is 0 Å². The summed E-state index contributed by atoms with van der Waals surface area (Å²) in [6.07, 6.45) is -0.545. The van der Waals surface area contributed by atoms with Gasteiger partial charge < -0.3 is 24.8 Å². The van der Waals surface area contributed by atoms with E-state index in [1.165, 1.54) is 53.5 Å². The molecule has 0 radical (unpaired) electrons. The maximum absolute atomic E-state index is 2.34. The summed E-state index contributed by atoms with van der Waals surface area (Å²) >= 11 is 2.34. The van der Waals surface area contributed by atoms with Crippen LogP contribution in [0.25, 0.3) is 43.1 Å². The van der Waals surface area contributed by atoms with E-state index in [0.29, 0.717) is 0 Å². The molecule has 0 aliphatic rings. The molecule has 0 amide bonds.